The monoisotopic (exact) mass is 285 g/mol. The lowest BCUT2D eigenvalue weighted by atomic mass is 10.0. The van der Waals surface area contributed by atoms with E-state index in [1.807, 2.05) is 41.5 Å². The predicted molar refractivity (Wildman–Crippen MR) is 77.3 cm³/mol. The van der Waals surface area contributed by atoms with Crippen molar-refractivity contribution in [2.24, 2.45) is 0 Å². The molecule has 20 heavy (non-hydrogen) atoms. The zero-order valence-electron chi connectivity index (χ0n) is 13.3. The molecular weight excluding hydrogens is 258 g/mol. The number of hydrogen-bond acceptors (Lipinski definition) is 5. The molecule has 0 aromatic carbocycles. The summed E-state index contributed by atoms with van der Waals surface area (Å²) in [5.74, 6) is -0.598. The molecule has 0 radical (unpaired) electrons. The molecule has 6 heteroatoms. The number of nitrogens with one attached hydrogen (secondary N) is 3. The van der Waals surface area contributed by atoms with Crippen LogP contribution in [-0.2, 0) is 14.3 Å². The Balaban J connectivity index is 2.76. The molecule has 0 spiro atoms. The van der Waals surface area contributed by atoms with Gasteiger partial charge in [-0.15, -0.1) is 0 Å². The molecule has 0 bridgehead atoms. The molecule has 1 fully saturated rings. The highest BCUT2D eigenvalue weighted by Crippen LogP contribution is 2.12. The normalized spacial score (nSPS) is 24.1. The number of carbonyl (C=O) groups excluding carboxylic acids is 2. The summed E-state index contributed by atoms with van der Waals surface area (Å²) in [5.41, 5.74) is -0.907. The lowest BCUT2D eigenvalue weighted by molar-refractivity contribution is -0.160. The van der Waals surface area contributed by atoms with E-state index in [2.05, 4.69) is 16.0 Å². The highest BCUT2D eigenvalue weighted by molar-refractivity contribution is 5.91. The van der Waals surface area contributed by atoms with Crippen LogP contribution in [0.5, 0.6) is 0 Å². The number of esters is 1. The molecule has 1 amide bonds. The van der Waals surface area contributed by atoms with Crippen LogP contribution < -0.4 is 16.0 Å². The predicted octanol–water partition coefficient (Wildman–Crippen LogP) is 0.173. The van der Waals surface area contributed by atoms with Crippen molar-refractivity contribution in [1.82, 2.24) is 16.0 Å². The van der Waals surface area contributed by atoms with Gasteiger partial charge in [0.15, 0.2) is 0 Å². The second-order valence-corrected chi connectivity index (χ2v) is 7.14. The molecule has 0 saturated carbocycles. The van der Waals surface area contributed by atoms with Crippen molar-refractivity contribution >= 4 is 11.9 Å². The SMILES string of the molecule is CC(C)(C)NC(=O)C1NCCNC1C(=O)OC(C)(C)C. The molecule has 0 aromatic rings. The summed E-state index contributed by atoms with van der Waals surface area (Å²) in [4.78, 5) is 24.5. The molecular formula is C14H27N3O3. The maximum absolute atomic E-state index is 12.3. The standard InChI is InChI=1S/C14H27N3O3/c1-13(2,3)17-11(18)9-10(16-8-7-15-9)12(19)20-14(4,5)6/h9-10,15-16H,7-8H2,1-6H3,(H,17,18). The van der Waals surface area contributed by atoms with Crippen LogP contribution in [0.15, 0.2) is 0 Å². The van der Waals surface area contributed by atoms with Gasteiger partial charge in [0.1, 0.15) is 17.7 Å². The van der Waals surface area contributed by atoms with Gasteiger partial charge in [-0.2, -0.15) is 0 Å². The van der Waals surface area contributed by atoms with Gasteiger partial charge in [-0.1, -0.05) is 0 Å². The zero-order chi connectivity index (χ0) is 15.6. The molecule has 3 N–H and O–H groups in total. The van der Waals surface area contributed by atoms with E-state index in [1.54, 1.807) is 0 Å². The first-order valence-corrected chi connectivity index (χ1v) is 7.01. The number of carbonyl (C=O) groups is 2. The number of hydrogen-bond donors (Lipinski definition) is 3. The lowest BCUT2D eigenvalue weighted by Gasteiger charge is -2.34. The van der Waals surface area contributed by atoms with Gasteiger partial charge in [-0.05, 0) is 41.5 Å². The highest BCUT2D eigenvalue weighted by atomic mass is 16.6. The first-order valence-electron chi connectivity index (χ1n) is 7.01. The Morgan fingerprint density at radius 3 is 1.95 bits per heavy atom. The topological polar surface area (TPSA) is 79.5 Å². The Morgan fingerprint density at radius 2 is 1.50 bits per heavy atom. The van der Waals surface area contributed by atoms with E-state index >= 15 is 0 Å². The molecule has 1 aliphatic heterocycles. The number of amides is 1. The van der Waals surface area contributed by atoms with Crippen molar-refractivity contribution in [2.45, 2.75) is 64.8 Å². The van der Waals surface area contributed by atoms with Gasteiger partial charge in [0.2, 0.25) is 5.91 Å². The van der Waals surface area contributed by atoms with Gasteiger partial charge in [-0.25, -0.2) is 0 Å². The minimum absolute atomic E-state index is 0.194. The summed E-state index contributed by atoms with van der Waals surface area (Å²) in [6.45, 7) is 12.4. The second kappa shape index (κ2) is 6.10. The summed E-state index contributed by atoms with van der Waals surface area (Å²) in [6.07, 6.45) is 0. The first-order chi connectivity index (χ1) is 8.99. The lowest BCUT2D eigenvalue weighted by Crippen LogP contribution is -2.66. The van der Waals surface area contributed by atoms with Crippen molar-refractivity contribution in [3.8, 4) is 0 Å². The highest BCUT2D eigenvalue weighted by Gasteiger charge is 2.38. The van der Waals surface area contributed by atoms with Gasteiger partial charge < -0.3 is 20.7 Å². The van der Waals surface area contributed by atoms with Crippen molar-refractivity contribution in [3.05, 3.63) is 0 Å². The fourth-order valence-corrected chi connectivity index (χ4v) is 1.97. The molecule has 1 rings (SSSR count). The minimum atomic E-state index is -0.662. The molecule has 1 saturated heterocycles. The van der Waals surface area contributed by atoms with E-state index in [0.29, 0.717) is 13.1 Å². The Labute approximate surface area is 121 Å². The maximum atomic E-state index is 12.3. The van der Waals surface area contributed by atoms with Crippen LogP contribution in [-0.4, -0.2) is 48.2 Å². The summed E-state index contributed by atoms with van der Waals surface area (Å²) >= 11 is 0. The van der Waals surface area contributed by atoms with Crippen LogP contribution in [0.2, 0.25) is 0 Å². The average Bonchev–Trinajstić information content (AvgIpc) is 2.24. The van der Waals surface area contributed by atoms with Crippen molar-refractivity contribution in [3.63, 3.8) is 0 Å². The molecule has 116 valence electrons. The summed E-state index contributed by atoms with van der Waals surface area (Å²) in [7, 11) is 0. The number of piperazine rings is 1. The smallest absolute Gasteiger partial charge is 0.325 e. The van der Waals surface area contributed by atoms with E-state index in [4.69, 9.17) is 4.74 Å². The van der Waals surface area contributed by atoms with Crippen molar-refractivity contribution < 1.29 is 14.3 Å². The Kier molecular flexibility index (Phi) is 5.15. The number of rotatable bonds is 2. The largest absolute Gasteiger partial charge is 0.459 e. The van der Waals surface area contributed by atoms with Crippen LogP contribution in [0, 0.1) is 0 Å². The fourth-order valence-electron chi connectivity index (χ4n) is 1.97. The summed E-state index contributed by atoms with van der Waals surface area (Å²) in [5, 5.41) is 9.03. The molecule has 0 aromatic heterocycles. The first kappa shape index (κ1) is 16.9. The summed E-state index contributed by atoms with van der Waals surface area (Å²) in [6, 6.07) is -1.27. The summed E-state index contributed by atoms with van der Waals surface area (Å²) < 4.78 is 5.37. The van der Waals surface area contributed by atoms with Crippen LogP contribution in [0.4, 0.5) is 0 Å². The van der Waals surface area contributed by atoms with E-state index in [-0.39, 0.29) is 11.4 Å². The number of ether oxygens (including phenoxy) is 1. The van der Waals surface area contributed by atoms with Crippen LogP contribution in [0.3, 0.4) is 0 Å². The molecule has 6 nitrogen and oxygen atoms in total. The second-order valence-electron chi connectivity index (χ2n) is 7.14. The van der Waals surface area contributed by atoms with Gasteiger partial charge in [0, 0.05) is 18.6 Å². The molecule has 1 heterocycles. The van der Waals surface area contributed by atoms with Crippen LogP contribution in [0.1, 0.15) is 41.5 Å². The van der Waals surface area contributed by atoms with Crippen LogP contribution >= 0.6 is 0 Å². The Hall–Kier alpha value is -1.14. The van der Waals surface area contributed by atoms with Crippen molar-refractivity contribution in [1.29, 1.82) is 0 Å². The molecule has 2 atom stereocenters. The third kappa shape index (κ3) is 5.46. The molecule has 1 aliphatic rings. The maximum Gasteiger partial charge on any atom is 0.325 e. The van der Waals surface area contributed by atoms with E-state index in [0.717, 1.165) is 0 Å². The van der Waals surface area contributed by atoms with Crippen molar-refractivity contribution in [2.75, 3.05) is 13.1 Å². The van der Waals surface area contributed by atoms with Gasteiger partial charge in [0.05, 0.1) is 0 Å². The fraction of sp³-hybridized carbons (Fsp3) is 0.857. The minimum Gasteiger partial charge on any atom is -0.459 e. The molecule has 0 aliphatic carbocycles. The van der Waals surface area contributed by atoms with Gasteiger partial charge in [-0.3, -0.25) is 9.59 Å². The van der Waals surface area contributed by atoms with E-state index < -0.39 is 23.7 Å². The van der Waals surface area contributed by atoms with Crippen LogP contribution in [0.25, 0.3) is 0 Å². The average molecular weight is 285 g/mol. The quantitative estimate of drug-likeness (QED) is 0.631. The Bertz CT molecular complexity index is 333. The third-order valence-corrected chi connectivity index (χ3v) is 2.63. The third-order valence-electron chi connectivity index (χ3n) is 2.63. The van der Waals surface area contributed by atoms with Gasteiger partial charge >= 0.3 is 5.97 Å². The van der Waals surface area contributed by atoms with E-state index in [9.17, 15) is 9.59 Å². The molecule has 2 unspecified atom stereocenters. The van der Waals surface area contributed by atoms with E-state index in [1.165, 1.54) is 0 Å². The zero-order valence-corrected chi connectivity index (χ0v) is 13.3. The van der Waals surface area contributed by atoms with Gasteiger partial charge in [0.25, 0.3) is 0 Å². The Morgan fingerprint density at radius 1 is 1.00 bits per heavy atom.